The number of halogens is 1. The number of rotatable bonds is 10. The molecule has 0 N–H and O–H groups in total. The van der Waals surface area contributed by atoms with Gasteiger partial charge in [-0.25, -0.2) is 0 Å². The van der Waals surface area contributed by atoms with Crippen molar-refractivity contribution in [1.29, 1.82) is 0 Å². The van der Waals surface area contributed by atoms with Crippen molar-refractivity contribution in [2.24, 2.45) is 0 Å². The van der Waals surface area contributed by atoms with Gasteiger partial charge in [-0.2, -0.15) is 4.57 Å². The van der Waals surface area contributed by atoms with Crippen LogP contribution in [-0.4, -0.2) is 13.2 Å². The first-order chi connectivity index (χ1) is 7.93. The van der Waals surface area contributed by atoms with Crippen LogP contribution in [0.2, 0.25) is 0 Å². The quantitative estimate of drug-likeness (QED) is 0.331. The molecule has 0 saturated heterocycles. The maximum absolute atomic E-state index is 5.59. The summed E-state index contributed by atoms with van der Waals surface area (Å²) in [5.74, 6) is 0. The van der Waals surface area contributed by atoms with Crippen molar-refractivity contribution >= 4 is 11.3 Å². The largest absolute Gasteiger partial charge is 1.00 e. The van der Waals surface area contributed by atoms with E-state index < -0.39 is 0 Å². The van der Waals surface area contributed by atoms with Gasteiger partial charge in [0, 0.05) is 19.6 Å². The van der Waals surface area contributed by atoms with Crippen LogP contribution in [0.25, 0.3) is 0 Å². The third-order valence-corrected chi connectivity index (χ3v) is 3.30. The highest BCUT2D eigenvalue weighted by atomic mass is 127. The maximum Gasteiger partial charge on any atom is 0.224 e. The minimum atomic E-state index is 0. The monoisotopic (exact) mass is 369 g/mol. The number of aryl methyl sites for hydroxylation is 1. The minimum absolute atomic E-state index is 0. The zero-order chi connectivity index (χ0) is 11.5. The Balaban J connectivity index is 0.00000256. The summed E-state index contributed by atoms with van der Waals surface area (Å²) in [5.41, 5.74) is 2.16. The number of aromatic nitrogens is 1. The summed E-state index contributed by atoms with van der Waals surface area (Å²) >= 11 is 1.75. The standard InChI is InChI=1S/C13H24NOS.HI/c1-2-3-4-6-10-15-11-7-5-8-14-9-12-16-13-14;/h9,12-13H,2-8,10-11H2,1H3;1H/q+1;/p-1. The molecule has 4 heteroatoms. The van der Waals surface area contributed by atoms with Crippen LogP contribution in [0.3, 0.4) is 0 Å². The molecule has 0 saturated carbocycles. The average molecular weight is 369 g/mol. The molecule has 1 heterocycles. The molecule has 0 atom stereocenters. The van der Waals surface area contributed by atoms with Crippen molar-refractivity contribution in [2.75, 3.05) is 13.2 Å². The molecule has 2 nitrogen and oxygen atoms in total. The fourth-order valence-electron chi connectivity index (χ4n) is 1.62. The van der Waals surface area contributed by atoms with E-state index in [0.717, 1.165) is 19.8 Å². The van der Waals surface area contributed by atoms with E-state index in [1.54, 1.807) is 11.3 Å². The molecular weight excluding hydrogens is 345 g/mol. The summed E-state index contributed by atoms with van der Waals surface area (Å²) in [7, 11) is 0. The fourth-order valence-corrected chi connectivity index (χ4v) is 2.25. The van der Waals surface area contributed by atoms with E-state index >= 15 is 0 Å². The molecule has 1 rings (SSSR count). The van der Waals surface area contributed by atoms with Crippen molar-refractivity contribution in [2.45, 2.75) is 52.0 Å². The summed E-state index contributed by atoms with van der Waals surface area (Å²) in [6.07, 6.45) is 9.73. The second-order valence-electron chi connectivity index (χ2n) is 4.14. The van der Waals surface area contributed by atoms with Gasteiger partial charge in [0.15, 0.2) is 6.20 Å². The number of unbranched alkanes of at least 4 members (excludes halogenated alkanes) is 4. The highest BCUT2D eigenvalue weighted by molar-refractivity contribution is 7.07. The van der Waals surface area contributed by atoms with E-state index in [-0.39, 0.29) is 24.0 Å². The Morgan fingerprint density at radius 1 is 1.06 bits per heavy atom. The summed E-state index contributed by atoms with van der Waals surface area (Å²) in [4.78, 5) is 0. The Morgan fingerprint density at radius 3 is 2.47 bits per heavy atom. The molecule has 0 fully saturated rings. The number of ether oxygens (including phenoxy) is 1. The van der Waals surface area contributed by atoms with Crippen LogP contribution < -0.4 is 28.5 Å². The predicted octanol–water partition coefficient (Wildman–Crippen LogP) is 0.417. The first-order valence-corrected chi connectivity index (χ1v) is 7.36. The van der Waals surface area contributed by atoms with Crippen LogP contribution >= 0.6 is 11.3 Å². The van der Waals surface area contributed by atoms with Gasteiger partial charge in [0.1, 0.15) is 6.54 Å². The van der Waals surface area contributed by atoms with Crippen molar-refractivity contribution in [3.05, 3.63) is 17.1 Å². The zero-order valence-corrected chi connectivity index (χ0v) is 13.7. The Hall–Kier alpha value is 0.320. The van der Waals surface area contributed by atoms with Crippen LogP contribution in [0.4, 0.5) is 0 Å². The van der Waals surface area contributed by atoms with Crippen molar-refractivity contribution < 1.29 is 33.3 Å². The van der Waals surface area contributed by atoms with Gasteiger partial charge in [0.25, 0.3) is 0 Å². The summed E-state index contributed by atoms with van der Waals surface area (Å²) in [6, 6.07) is 0. The fraction of sp³-hybridized carbons (Fsp3) is 0.769. The van der Waals surface area contributed by atoms with Gasteiger partial charge in [0.2, 0.25) is 5.51 Å². The molecule has 0 aliphatic carbocycles. The second kappa shape index (κ2) is 12.8. The van der Waals surface area contributed by atoms with E-state index in [2.05, 4.69) is 28.6 Å². The maximum atomic E-state index is 5.59. The lowest BCUT2D eigenvalue weighted by Gasteiger charge is -2.02. The third-order valence-electron chi connectivity index (χ3n) is 2.62. The molecule has 0 aliphatic rings. The number of hydrogen-bond acceptors (Lipinski definition) is 2. The van der Waals surface area contributed by atoms with Gasteiger partial charge in [-0.15, -0.1) is 0 Å². The SMILES string of the molecule is CCCCCCOCCCC[n+]1ccsc1.[I-]. The van der Waals surface area contributed by atoms with Gasteiger partial charge in [-0.3, -0.25) is 0 Å². The topological polar surface area (TPSA) is 13.1 Å². The summed E-state index contributed by atoms with van der Waals surface area (Å²) in [5, 5.41) is 2.12. The molecule has 0 bridgehead atoms. The highest BCUT2D eigenvalue weighted by Crippen LogP contribution is 2.00. The van der Waals surface area contributed by atoms with E-state index in [0.29, 0.717) is 0 Å². The normalized spacial score (nSPS) is 10.2. The molecule has 0 amide bonds. The van der Waals surface area contributed by atoms with Crippen molar-refractivity contribution in [3.63, 3.8) is 0 Å². The van der Waals surface area contributed by atoms with Gasteiger partial charge in [-0.05, 0) is 12.8 Å². The van der Waals surface area contributed by atoms with Crippen LogP contribution in [0.1, 0.15) is 45.4 Å². The van der Waals surface area contributed by atoms with Crippen molar-refractivity contribution in [3.8, 4) is 0 Å². The molecule has 0 spiro atoms. The minimum Gasteiger partial charge on any atom is -1.00 e. The predicted molar refractivity (Wildman–Crippen MR) is 68.7 cm³/mol. The van der Waals surface area contributed by atoms with E-state index in [1.807, 2.05) is 0 Å². The van der Waals surface area contributed by atoms with Crippen LogP contribution in [0, 0.1) is 0 Å². The van der Waals surface area contributed by atoms with Gasteiger partial charge in [0.05, 0.1) is 5.38 Å². The molecular formula is C13H24INOS. The molecule has 17 heavy (non-hydrogen) atoms. The molecule has 0 aromatic carbocycles. The molecule has 0 unspecified atom stereocenters. The Morgan fingerprint density at radius 2 is 1.82 bits per heavy atom. The van der Waals surface area contributed by atoms with E-state index in [4.69, 9.17) is 4.74 Å². The molecule has 1 aromatic rings. The second-order valence-corrected chi connectivity index (χ2v) is 4.90. The van der Waals surface area contributed by atoms with Gasteiger partial charge in [-0.1, -0.05) is 37.5 Å². The first kappa shape index (κ1) is 17.3. The molecule has 1 aromatic heterocycles. The lowest BCUT2D eigenvalue weighted by molar-refractivity contribution is -0.692. The third kappa shape index (κ3) is 9.97. The highest BCUT2D eigenvalue weighted by Gasteiger charge is 1.98. The van der Waals surface area contributed by atoms with Gasteiger partial charge >= 0.3 is 0 Å². The van der Waals surface area contributed by atoms with Crippen molar-refractivity contribution in [1.82, 2.24) is 0 Å². The smallest absolute Gasteiger partial charge is 0.224 e. The molecule has 100 valence electrons. The first-order valence-electron chi connectivity index (χ1n) is 6.42. The van der Waals surface area contributed by atoms with E-state index in [9.17, 15) is 0 Å². The van der Waals surface area contributed by atoms with E-state index in [1.165, 1.54) is 38.5 Å². The summed E-state index contributed by atoms with van der Waals surface area (Å²) in [6.45, 7) is 5.24. The number of hydrogen-bond donors (Lipinski definition) is 0. The molecule has 0 radical (unpaired) electrons. The Bertz CT molecular complexity index is 242. The number of thiazole rings is 1. The average Bonchev–Trinajstić information content (AvgIpc) is 2.80. The van der Waals surface area contributed by atoms with Crippen LogP contribution in [0.15, 0.2) is 17.1 Å². The lowest BCUT2D eigenvalue weighted by Crippen LogP contribution is -3.00. The zero-order valence-electron chi connectivity index (χ0n) is 10.7. The van der Waals surface area contributed by atoms with Gasteiger partial charge < -0.3 is 28.7 Å². The Labute approximate surface area is 126 Å². The molecule has 0 aliphatic heterocycles. The van der Waals surface area contributed by atoms with Crippen LogP contribution in [0.5, 0.6) is 0 Å². The number of nitrogens with zero attached hydrogens (tertiary/aromatic N) is 1. The Kier molecular flexibility index (Phi) is 13.0. The lowest BCUT2D eigenvalue weighted by atomic mass is 10.2. The van der Waals surface area contributed by atoms with Crippen LogP contribution in [-0.2, 0) is 11.3 Å². The summed E-state index contributed by atoms with van der Waals surface area (Å²) < 4.78 is 7.83.